The maximum atomic E-state index is 11.7. The van der Waals surface area contributed by atoms with Gasteiger partial charge < -0.3 is 14.2 Å². The lowest BCUT2D eigenvalue weighted by molar-refractivity contribution is -0.123. The van der Waals surface area contributed by atoms with E-state index in [-0.39, 0.29) is 13.4 Å². The highest BCUT2D eigenvalue weighted by molar-refractivity contribution is 5.83. The van der Waals surface area contributed by atoms with Crippen molar-refractivity contribution in [1.29, 1.82) is 5.26 Å². The predicted molar refractivity (Wildman–Crippen MR) is 85.0 cm³/mol. The Morgan fingerprint density at radius 3 is 2.83 bits per heavy atom. The van der Waals surface area contributed by atoms with Crippen molar-refractivity contribution in [3.8, 4) is 23.3 Å². The molecule has 1 aliphatic rings. The molecule has 3 rings (SSSR count). The van der Waals surface area contributed by atoms with E-state index in [0.29, 0.717) is 22.8 Å². The molecular formula is C17H13N3O4. The number of hydrazone groups is 1. The van der Waals surface area contributed by atoms with Gasteiger partial charge in [0, 0.05) is 0 Å². The SMILES string of the molecule is N#Cc1ccc(OCC(=O)N/N=C\c2ccc3c(c2)OCO3)cc1. The number of nitriles is 1. The van der Waals surface area contributed by atoms with Gasteiger partial charge >= 0.3 is 0 Å². The van der Waals surface area contributed by atoms with E-state index < -0.39 is 5.91 Å². The zero-order valence-corrected chi connectivity index (χ0v) is 12.6. The van der Waals surface area contributed by atoms with Crippen LogP contribution in [0.5, 0.6) is 17.2 Å². The summed E-state index contributed by atoms with van der Waals surface area (Å²) in [6.07, 6.45) is 1.50. The molecule has 0 radical (unpaired) electrons. The van der Waals surface area contributed by atoms with E-state index in [2.05, 4.69) is 10.5 Å². The number of fused-ring (bicyclic) bond motifs is 1. The number of carbonyl (C=O) groups excluding carboxylic acids is 1. The van der Waals surface area contributed by atoms with Crippen molar-refractivity contribution in [3.63, 3.8) is 0 Å². The van der Waals surface area contributed by atoms with Crippen LogP contribution in [0.4, 0.5) is 0 Å². The van der Waals surface area contributed by atoms with E-state index in [4.69, 9.17) is 19.5 Å². The lowest BCUT2D eigenvalue weighted by Crippen LogP contribution is -2.24. The summed E-state index contributed by atoms with van der Waals surface area (Å²) in [4.78, 5) is 11.7. The first kappa shape index (κ1) is 15.4. The number of carbonyl (C=O) groups is 1. The fourth-order valence-corrected chi connectivity index (χ4v) is 1.98. The van der Waals surface area contributed by atoms with Gasteiger partial charge in [0.05, 0.1) is 17.8 Å². The van der Waals surface area contributed by atoms with Crippen LogP contribution in [-0.4, -0.2) is 25.5 Å². The van der Waals surface area contributed by atoms with E-state index in [1.165, 1.54) is 6.21 Å². The van der Waals surface area contributed by atoms with Crippen LogP contribution in [0.1, 0.15) is 11.1 Å². The molecule has 1 N–H and O–H groups in total. The Bertz CT molecular complexity index is 810. The van der Waals surface area contributed by atoms with Crippen molar-refractivity contribution in [2.24, 2.45) is 5.10 Å². The average molecular weight is 323 g/mol. The summed E-state index contributed by atoms with van der Waals surface area (Å²) in [5, 5.41) is 12.6. The first-order valence-corrected chi connectivity index (χ1v) is 7.09. The molecule has 0 saturated carbocycles. The van der Waals surface area contributed by atoms with Crippen LogP contribution in [0.3, 0.4) is 0 Å². The number of amides is 1. The van der Waals surface area contributed by atoms with Gasteiger partial charge in [-0.1, -0.05) is 0 Å². The Morgan fingerprint density at radius 1 is 1.25 bits per heavy atom. The maximum absolute atomic E-state index is 11.7. The fourth-order valence-electron chi connectivity index (χ4n) is 1.98. The van der Waals surface area contributed by atoms with Gasteiger partial charge in [-0.2, -0.15) is 10.4 Å². The number of rotatable bonds is 5. The van der Waals surface area contributed by atoms with E-state index >= 15 is 0 Å². The molecule has 0 aliphatic carbocycles. The van der Waals surface area contributed by atoms with Crippen LogP contribution in [0.2, 0.25) is 0 Å². The smallest absolute Gasteiger partial charge is 0.277 e. The molecule has 0 aromatic heterocycles. The van der Waals surface area contributed by atoms with E-state index in [9.17, 15) is 4.79 Å². The molecule has 0 saturated heterocycles. The normalized spacial score (nSPS) is 12.0. The third-order valence-corrected chi connectivity index (χ3v) is 3.15. The molecule has 0 atom stereocenters. The maximum Gasteiger partial charge on any atom is 0.277 e. The minimum absolute atomic E-state index is 0.176. The first-order valence-electron chi connectivity index (χ1n) is 7.09. The Morgan fingerprint density at radius 2 is 2.04 bits per heavy atom. The molecular weight excluding hydrogens is 310 g/mol. The number of nitrogens with one attached hydrogen (secondary N) is 1. The van der Waals surface area contributed by atoms with Gasteiger partial charge in [0.1, 0.15) is 5.75 Å². The number of hydrogen-bond acceptors (Lipinski definition) is 6. The summed E-state index contributed by atoms with van der Waals surface area (Å²) in [5.74, 6) is 1.45. The molecule has 120 valence electrons. The highest BCUT2D eigenvalue weighted by atomic mass is 16.7. The largest absolute Gasteiger partial charge is 0.484 e. The summed E-state index contributed by atoms with van der Waals surface area (Å²) < 4.78 is 15.8. The van der Waals surface area contributed by atoms with Crippen LogP contribution in [0.15, 0.2) is 47.6 Å². The topological polar surface area (TPSA) is 92.9 Å². The van der Waals surface area contributed by atoms with Crippen molar-refractivity contribution in [2.75, 3.05) is 13.4 Å². The van der Waals surface area contributed by atoms with Crippen LogP contribution < -0.4 is 19.6 Å². The summed E-state index contributed by atoms with van der Waals surface area (Å²) in [6, 6.07) is 13.8. The Balaban J connectivity index is 1.47. The summed E-state index contributed by atoms with van der Waals surface area (Å²) in [6.45, 7) is 0.0315. The minimum atomic E-state index is -0.392. The zero-order chi connectivity index (χ0) is 16.8. The van der Waals surface area contributed by atoms with Crippen molar-refractivity contribution in [2.45, 2.75) is 0 Å². The summed E-state index contributed by atoms with van der Waals surface area (Å²) in [7, 11) is 0. The quantitative estimate of drug-likeness (QED) is 0.669. The zero-order valence-electron chi connectivity index (χ0n) is 12.6. The Hall–Kier alpha value is -3.53. The highest BCUT2D eigenvalue weighted by Crippen LogP contribution is 2.31. The molecule has 7 nitrogen and oxygen atoms in total. The van der Waals surface area contributed by atoms with Gasteiger partial charge in [-0.25, -0.2) is 5.43 Å². The van der Waals surface area contributed by atoms with Gasteiger partial charge in [-0.3, -0.25) is 4.79 Å². The molecule has 2 aromatic carbocycles. The number of nitrogens with zero attached hydrogens (tertiary/aromatic N) is 2. The van der Waals surface area contributed by atoms with Gasteiger partial charge in [0.15, 0.2) is 18.1 Å². The molecule has 1 aliphatic heterocycles. The molecule has 2 aromatic rings. The monoisotopic (exact) mass is 323 g/mol. The molecule has 0 bridgehead atoms. The molecule has 1 heterocycles. The first-order chi connectivity index (χ1) is 11.7. The molecule has 0 fully saturated rings. The summed E-state index contributed by atoms with van der Waals surface area (Å²) in [5.41, 5.74) is 3.67. The molecule has 24 heavy (non-hydrogen) atoms. The van der Waals surface area contributed by atoms with Gasteiger partial charge in [0.2, 0.25) is 6.79 Å². The standard InChI is InChI=1S/C17H13N3O4/c18-8-12-1-4-14(5-2-12)22-10-17(21)20-19-9-13-3-6-15-16(7-13)24-11-23-15/h1-7,9H,10-11H2,(H,20,21)/b19-9-. The van der Waals surface area contributed by atoms with Crippen molar-refractivity contribution < 1.29 is 19.0 Å². The predicted octanol–water partition coefficient (Wildman–Crippen LogP) is 1.82. The fraction of sp³-hybridized carbons (Fsp3) is 0.118. The second-order valence-corrected chi connectivity index (χ2v) is 4.83. The third kappa shape index (κ3) is 3.81. The van der Waals surface area contributed by atoms with Crippen LogP contribution >= 0.6 is 0 Å². The third-order valence-electron chi connectivity index (χ3n) is 3.15. The highest BCUT2D eigenvalue weighted by Gasteiger charge is 2.12. The lowest BCUT2D eigenvalue weighted by atomic mass is 10.2. The minimum Gasteiger partial charge on any atom is -0.484 e. The summed E-state index contributed by atoms with van der Waals surface area (Å²) >= 11 is 0. The van der Waals surface area contributed by atoms with Crippen LogP contribution in [0.25, 0.3) is 0 Å². The van der Waals surface area contributed by atoms with Gasteiger partial charge in [-0.15, -0.1) is 0 Å². The van der Waals surface area contributed by atoms with Crippen LogP contribution in [-0.2, 0) is 4.79 Å². The van der Waals surface area contributed by atoms with Crippen molar-refractivity contribution in [3.05, 3.63) is 53.6 Å². The van der Waals surface area contributed by atoms with Crippen molar-refractivity contribution in [1.82, 2.24) is 5.43 Å². The van der Waals surface area contributed by atoms with Gasteiger partial charge in [-0.05, 0) is 48.0 Å². The number of ether oxygens (including phenoxy) is 3. The Labute approximate surface area is 138 Å². The molecule has 7 heteroatoms. The lowest BCUT2D eigenvalue weighted by Gasteiger charge is -2.04. The second-order valence-electron chi connectivity index (χ2n) is 4.83. The molecule has 1 amide bonds. The molecule has 0 spiro atoms. The Kier molecular flexibility index (Phi) is 4.58. The number of hydrogen-bond donors (Lipinski definition) is 1. The van der Waals surface area contributed by atoms with E-state index in [0.717, 1.165) is 5.56 Å². The average Bonchev–Trinajstić information content (AvgIpc) is 3.08. The van der Waals surface area contributed by atoms with E-state index in [1.54, 1.807) is 42.5 Å². The van der Waals surface area contributed by atoms with Gasteiger partial charge in [0.25, 0.3) is 5.91 Å². The second kappa shape index (κ2) is 7.15. The molecule has 0 unspecified atom stereocenters. The van der Waals surface area contributed by atoms with E-state index in [1.807, 2.05) is 6.07 Å². The number of benzene rings is 2. The van der Waals surface area contributed by atoms with Crippen LogP contribution in [0, 0.1) is 11.3 Å². The van der Waals surface area contributed by atoms with Crippen molar-refractivity contribution >= 4 is 12.1 Å².